The maximum Gasteiger partial charge on any atom is 0.164 e. The van der Waals surface area contributed by atoms with Gasteiger partial charge in [-0.25, -0.2) is 15.0 Å². The molecule has 0 spiro atoms. The molecule has 0 aliphatic carbocycles. The molecule has 0 N–H and O–H groups in total. The van der Waals surface area contributed by atoms with Crippen LogP contribution in [0.2, 0.25) is 0 Å². The molecule has 7 aromatic carbocycles. The molecule has 1 aliphatic heterocycles. The Bertz CT molecular complexity index is 2680. The largest absolute Gasteiger partial charge is 0.454 e. The molecule has 1 aliphatic rings. The number of rotatable bonds is 5. The van der Waals surface area contributed by atoms with Crippen LogP contribution >= 0.6 is 0 Å². The summed E-state index contributed by atoms with van der Waals surface area (Å²) in [6, 6.07) is 54.2. The Balaban J connectivity index is 1.06. The summed E-state index contributed by atoms with van der Waals surface area (Å²) in [5.41, 5.74) is 10.1. The molecule has 3 heterocycles. The summed E-state index contributed by atoms with van der Waals surface area (Å²) in [5, 5.41) is 4.60. The van der Waals surface area contributed by atoms with Crippen molar-refractivity contribution in [2.24, 2.45) is 0 Å². The van der Waals surface area contributed by atoms with Crippen molar-refractivity contribution in [2.75, 3.05) is 4.90 Å². The van der Waals surface area contributed by atoms with Crippen LogP contribution in [0, 0.1) is 0 Å². The summed E-state index contributed by atoms with van der Waals surface area (Å²) >= 11 is 0. The van der Waals surface area contributed by atoms with Crippen LogP contribution in [-0.4, -0.2) is 15.0 Å². The topological polar surface area (TPSA) is 55.1 Å². The van der Waals surface area contributed by atoms with Crippen LogP contribution in [0.5, 0.6) is 0 Å². The molecule has 0 atom stereocenters. The first-order valence-electron chi connectivity index (χ1n) is 16.7. The predicted octanol–water partition coefficient (Wildman–Crippen LogP) is 11.7. The van der Waals surface area contributed by atoms with Crippen LogP contribution in [-0.2, 0) is 0 Å². The molecule has 0 saturated carbocycles. The van der Waals surface area contributed by atoms with E-state index in [2.05, 4.69) is 108 Å². The maximum absolute atomic E-state index is 6.79. The van der Waals surface area contributed by atoms with E-state index >= 15 is 0 Å². The monoisotopic (exact) mass is 640 g/mol. The maximum atomic E-state index is 6.79. The van der Waals surface area contributed by atoms with E-state index in [1.54, 1.807) is 0 Å². The highest BCUT2D eigenvalue weighted by molar-refractivity contribution is 6.21. The molecule has 0 unspecified atom stereocenters. The number of hydrogen-bond donors (Lipinski definition) is 0. The molecule has 5 nitrogen and oxygen atoms in total. The van der Waals surface area contributed by atoms with E-state index in [0.29, 0.717) is 17.5 Å². The van der Waals surface area contributed by atoms with Crippen molar-refractivity contribution in [3.05, 3.63) is 169 Å². The quantitative estimate of drug-likeness (QED) is 0.187. The van der Waals surface area contributed by atoms with Crippen LogP contribution in [0.3, 0.4) is 0 Å². The molecule has 0 radical (unpaired) electrons. The van der Waals surface area contributed by atoms with Gasteiger partial charge in [-0.3, -0.25) is 0 Å². The van der Waals surface area contributed by atoms with E-state index in [1.807, 2.05) is 66.7 Å². The van der Waals surface area contributed by atoms with Crippen molar-refractivity contribution in [1.29, 1.82) is 0 Å². The van der Waals surface area contributed by atoms with Crippen LogP contribution in [0.1, 0.15) is 5.56 Å². The second-order valence-corrected chi connectivity index (χ2v) is 12.5. The third kappa shape index (κ3) is 4.67. The fraction of sp³-hybridized carbons (Fsp3) is 0. The van der Waals surface area contributed by atoms with Crippen molar-refractivity contribution in [3.8, 4) is 45.3 Å². The van der Waals surface area contributed by atoms with Gasteiger partial charge in [0.25, 0.3) is 0 Å². The minimum Gasteiger partial charge on any atom is -0.454 e. The normalized spacial score (nSPS) is 12.3. The molecule has 0 fully saturated rings. The number of benzene rings is 7. The summed E-state index contributed by atoms with van der Waals surface area (Å²) in [7, 11) is 0. The molecular formula is C45H28N4O. The van der Waals surface area contributed by atoms with Gasteiger partial charge >= 0.3 is 0 Å². The average molecular weight is 641 g/mol. The van der Waals surface area contributed by atoms with Crippen LogP contribution in [0.25, 0.3) is 84.1 Å². The Labute approximate surface area is 288 Å². The molecule has 9 aromatic rings. The Morgan fingerprint density at radius 2 is 1.04 bits per heavy atom. The molecule has 10 rings (SSSR count). The lowest BCUT2D eigenvalue weighted by atomic mass is 9.96. The minimum atomic E-state index is 0.634. The lowest BCUT2D eigenvalue weighted by molar-refractivity contribution is 0.669. The van der Waals surface area contributed by atoms with Crippen molar-refractivity contribution in [2.45, 2.75) is 0 Å². The van der Waals surface area contributed by atoms with Crippen molar-refractivity contribution < 1.29 is 4.42 Å². The van der Waals surface area contributed by atoms with Gasteiger partial charge in [0, 0.05) is 44.7 Å². The molecule has 0 bridgehead atoms. The van der Waals surface area contributed by atoms with E-state index in [1.165, 1.54) is 16.3 Å². The summed E-state index contributed by atoms with van der Waals surface area (Å²) in [4.78, 5) is 16.9. The summed E-state index contributed by atoms with van der Waals surface area (Å²) in [6.45, 7) is 0. The second kappa shape index (κ2) is 11.4. The van der Waals surface area contributed by atoms with E-state index in [4.69, 9.17) is 19.4 Å². The minimum absolute atomic E-state index is 0.634. The van der Waals surface area contributed by atoms with Gasteiger partial charge in [-0.15, -0.1) is 0 Å². The van der Waals surface area contributed by atoms with Gasteiger partial charge in [0.2, 0.25) is 0 Å². The smallest absolute Gasteiger partial charge is 0.164 e. The summed E-state index contributed by atoms with van der Waals surface area (Å²) in [5.74, 6) is 1.93. The molecule has 2 aromatic heterocycles. The number of nitrogens with zero attached hydrogens (tertiary/aromatic N) is 4. The van der Waals surface area contributed by atoms with Gasteiger partial charge in [-0.2, -0.15) is 0 Å². The lowest BCUT2D eigenvalue weighted by Gasteiger charge is -2.26. The second-order valence-electron chi connectivity index (χ2n) is 12.5. The standard InChI is InChI=1S/C45H28N4O/c1-4-11-31(12-5-1)43-46-44(32-13-6-2-7-14-32)48-45(47-43)33-21-19-29(20-22-33)34-23-24-37-38-27-35-16-10-15-30-25-26-49(36-17-8-3-9-18-36)41(40(30)35)42(38)50-39(37)28-34/h1-28H. The van der Waals surface area contributed by atoms with Gasteiger partial charge in [0.05, 0.1) is 5.69 Å². The first-order chi connectivity index (χ1) is 24.8. The Kier molecular flexibility index (Phi) is 6.42. The zero-order valence-electron chi connectivity index (χ0n) is 26.9. The van der Waals surface area contributed by atoms with Crippen LogP contribution in [0.4, 0.5) is 11.4 Å². The Hall–Kier alpha value is -6.85. The fourth-order valence-electron chi connectivity index (χ4n) is 7.02. The third-order valence-electron chi connectivity index (χ3n) is 9.46. The van der Waals surface area contributed by atoms with Gasteiger partial charge in [0.1, 0.15) is 5.58 Å². The van der Waals surface area contributed by atoms with E-state index < -0.39 is 0 Å². The number of fused-ring (bicyclic) bond motifs is 4. The Morgan fingerprint density at radius 1 is 0.460 bits per heavy atom. The number of para-hydroxylation sites is 1. The SMILES string of the molecule is C1=CN(c2ccccc2)c2c3oc4cc(-c5ccc(-c6nc(-c7ccccc7)nc(-c7ccccc7)n6)cc5)ccc4c3cc3cccc1c23. The highest BCUT2D eigenvalue weighted by Gasteiger charge is 2.24. The number of anilines is 2. The zero-order valence-corrected chi connectivity index (χ0v) is 26.9. The Morgan fingerprint density at radius 3 is 1.70 bits per heavy atom. The first-order valence-corrected chi connectivity index (χ1v) is 16.7. The molecule has 0 saturated heterocycles. The van der Waals surface area contributed by atoms with Gasteiger partial charge in [-0.1, -0.05) is 127 Å². The fourth-order valence-corrected chi connectivity index (χ4v) is 7.02. The average Bonchev–Trinajstić information content (AvgIpc) is 3.57. The van der Waals surface area contributed by atoms with Crippen molar-refractivity contribution in [1.82, 2.24) is 15.0 Å². The zero-order chi connectivity index (χ0) is 33.0. The number of furan rings is 1. The highest BCUT2D eigenvalue weighted by Crippen LogP contribution is 2.47. The van der Waals surface area contributed by atoms with Gasteiger partial charge < -0.3 is 9.32 Å². The van der Waals surface area contributed by atoms with Crippen LogP contribution in [0.15, 0.2) is 168 Å². The van der Waals surface area contributed by atoms with E-state index in [-0.39, 0.29) is 0 Å². The predicted molar refractivity (Wildman–Crippen MR) is 204 cm³/mol. The third-order valence-corrected chi connectivity index (χ3v) is 9.46. The van der Waals surface area contributed by atoms with Gasteiger partial charge in [0.15, 0.2) is 23.1 Å². The molecule has 0 amide bonds. The van der Waals surface area contributed by atoms with Crippen molar-refractivity contribution in [3.63, 3.8) is 0 Å². The van der Waals surface area contributed by atoms with E-state index in [9.17, 15) is 0 Å². The van der Waals surface area contributed by atoms with Gasteiger partial charge in [-0.05, 0) is 58.5 Å². The summed E-state index contributed by atoms with van der Waals surface area (Å²) < 4.78 is 6.79. The first kappa shape index (κ1) is 28.2. The highest BCUT2D eigenvalue weighted by atomic mass is 16.3. The molecular weight excluding hydrogens is 613 g/mol. The molecule has 5 heteroatoms. The lowest BCUT2D eigenvalue weighted by Crippen LogP contribution is -2.12. The molecule has 234 valence electrons. The number of aromatic nitrogens is 3. The van der Waals surface area contributed by atoms with Crippen LogP contribution < -0.4 is 4.90 Å². The summed E-state index contributed by atoms with van der Waals surface area (Å²) in [6.07, 6.45) is 4.32. The molecule has 50 heavy (non-hydrogen) atoms. The van der Waals surface area contributed by atoms with E-state index in [0.717, 1.165) is 61.1 Å². The number of hydrogen-bond acceptors (Lipinski definition) is 5. The van der Waals surface area contributed by atoms with Crippen molar-refractivity contribution >= 4 is 50.2 Å².